The number of nitrogens with one attached hydrogen (secondary N) is 1. The fourth-order valence-electron chi connectivity index (χ4n) is 0.721. The SMILES string of the molecule is CC(C)SCCNC(C)(C)C. The predicted molar refractivity (Wildman–Crippen MR) is 55.3 cm³/mol. The average Bonchev–Trinajstić information content (AvgIpc) is 1.78. The number of hydrogen-bond donors (Lipinski definition) is 1. The Balaban J connectivity index is 3.15. The summed E-state index contributed by atoms with van der Waals surface area (Å²) in [6.45, 7) is 12.2. The summed E-state index contributed by atoms with van der Waals surface area (Å²) in [6, 6.07) is 0. The largest absolute Gasteiger partial charge is 0.311 e. The maximum Gasteiger partial charge on any atom is 0.00968 e. The van der Waals surface area contributed by atoms with E-state index in [1.54, 1.807) is 0 Å². The third-order valence-corrected chi connectivity index (χ3v) is 2.32. The molecule has 0 radical (unpaired) electrons. The van der Waals surface area contributed by atoms with Gasteiger partial charge < -0.3 is 5.32 Å². The van der Waals surface area contributed by atoms with Gasteiger partial charge in [0.05, 0.1) is 0 Å². The Kier molecular flexibility index (Phi) is 5.19. The first-order valence-electron chi connectivity index (χ1n) is 4.28. The van der Waals surface area contributed by atoms with E-state index in [2.05, 4.69) is 39.9 Å². The molecule has 0 bridgehead atoms. The highest BCUT2D eigenvalue weighted by molar-refractivity contribution is 7.99. The van der Waals surface area contributed by atoms with E-state index in [1.165, 1.54) is 5.75 Å². The summed E-state index contributed by atoms with van der Waals surface area (Å²) >= 11 is 2.01. The van der Waals surface area contributed by atoms with E-state index in [9.17, 15) is 0 Å². The summed E-state index contributed by atoms with van der Waals surface area (Å²) in [5.74, 6) is 1.22. The highest BCUT2D eigenvalue weighted by atomic mass is 32.2. The van der Waals surface area contributed by atoms with Crippen molar-refractivity contribution in [2.75, 3.05) is 12.3 Å². The molecule has 0 aliphatic heterocycles. The Labute approximate surface area is 75.3 Å². The molecule has 0 saturated heterocycles. The molecule has 0 heterocycles. The smallest absolute Gasteiger partial charge is 0.00968 e. The molecule has 0 aromatic rings. The number of rotatable bonds is 4. The topological polar surface area (TPSA) is 12.0 Å². The molecular formula is C9H21NS. The van der Waals surface area contributed by atoms with Crippen LogP contribution in [0.5, 0.6) is 0 Å². The Morgan fingerprint density at radius 1 is 1.27 bits per heavy atom. The molecule has 0 spiro atoms. The van der Waals surface area contributed by atoms with Gasteiger partial charge in [0, 0.05) is 17.8 Å². The first-order chi connectivity index (χ1) is 4.92. The van der Waals surface area contributed by atoms with E-state index in [4.69, 9.17) is 0 Å². The Morgan fingerprint density at radius 3 is 2.18 bits per heavy atom. The maximum atomic E-state index is 3.46. The van der Waals surface area contributed by atoms with Gasteiger partial charge in [-0.25, -0.2) is 0 Å². The highest BCUT2D eigenvalue weighted by Crippen LogP contribution is 2.08. The summed E-state index contributed by atoms with van der Waals surface area (Å²) in [4.78, 5) is 0. The molecule has 0 atom stereocenters. The van der Waals surface area contributed by atoms with Crippen molar-refractivity contribution in [3.8, 4) is 0 Å². The first kappa shape index (κ1) is 11.3. The molecule has 0 aliphatic rings. The van der Waals surface area contributed by atoms with Crippen LogP contribution >= 0.6 is 11.8 Å². The fourth-order valence-corrected chi connectivity index (χ4v) is 1.41. The van der Waals surface area contributed by atoms with Crippen molar-refractivity contribution in [2.24, 2.45) is 0 Å². The zero-order chi connectivity index (χ0) is 8.91. The predicted octanol–water partition coefficient (Wildman–Crippen LogP) is 2.52. The third-order valence-electron chi connectivity index (χ3n) is 1.21. The van der Waals surface area contributed by atoms with E-state index >= 15 is 0 Å². The molecule has 0 fully saturated rings. The van der Waals surface area contributed by atoms with Gasteiger partial charge in [0.1, 0.15) is 0 Å². The minimum absolute atomic E-state index is 0.275. The lowest BCUT2D eigenvalue weighted by molar-refractivity contribution is 0.441. The summed E-state index contributed by atoms with van der Waals surface area (Å²) in [6.07, 6.45) is 0. The van der Waals surface area contributed by atoms with Crippen LogP contribution in [0.2, 0.25) is 0 Å². The van der Waals surface area contributed by atoms with Crippen LogP contribution in [-0.2, 0) is 0 Å². The van der Waals surface area contributed by atoms with Crippen molar-refractivity contribution in [3.63, 3.8) is 0 Å². The molecule has 0 rings (SSSR count). The van der Waals surface area contributed by atoms with E-state index in [1.807, 2.05) is 11.8 Å². The molecule has 68 valence electrons. The molecule has 0 amide bonds. The van der Waals surface area contributed by atoms with Crippen molar-refractivity contribution < 1.29 is 0 Å². The Hall–Kier alpha value is 0.310. The van der Waals surface area contributed by atoms with Crippen LogP contribution in [0.1, 0.15) is 34.6 Å². The van der Waals surface area contributed by atoms with E-state index in [-0.39, 0.29) is 5.54 Å². The summed E-state index contributed by atoms with van der Waals surface area (Å²) < 4.78 is 0. The second-order valence-electron chi connectivity index (χ2n) is 4.10. The van der Waals surface area contributed by atoms with Gasteiger partial charge in [-0.3, -0.25) is 0 Å². The van der Waals surface area contributed by atoms with Crippen molar-refractivity contribution in [3.05, 3.63) is 0 Å². The van der Waals surface area contributed by atoms with Crippen LogP contribution < -0.4 is 5.32 Å². The second-order valence-corrected chi connectivity index (χ2v) is 5.78. The molecule has 11 heavy (non-hydrogen) atoms. The van der Waals surface area contributed by atoms with Crippen molar-refractivity contribution in [1.82, 2.24) is 5.32 Å². The first-order valence-corrected chi connectivity index (χ1v) is 5.33. The zero-order valence-electron chi connectivity index (χ0n) is 8.40. The summed E-state index contributed by atoms with van der Waals surface area (Å²) in [5, 5.41) is 4.22. The molecule has 0 saturated carbocycles. The van der Waals surface area contributed by atoms with Crippen LogP contribution in [0, 0.1) is 0 Å². The monoisotopic (exact) mass is 175 g/mol. The molecule has 1 N–H and O–H groups in total. The van der Waals surface area contributed by atoms with Gasteiger partial charge in [-0.05, 0) is 26.0 Å². The molecule has 0 unspecified atom stereocenters. The average molecular weight is 175 g/mol. The summed E-state index contributed by atoms with van der Waals surface area (Å²) in [7, 11) is 0. The zero-order valence-corrected chi connectivity index (χ0v) is 9.22. The standard InChI is InChI=1S/C9H21NS/c1-8(2)11-7-6-10-9(3,4)5/h8,10H,6-7H2,1-5H3. The van der Waals surface area contributed by atoms with E-state index in [0.29, 0.717) is 0 Å². The van der Waals surface area contributed by atoms with Crippen molar-refractivity contribution in [1.29, 1.82) is 0 Å². The minimum atomic E-state index is 0.275. The van der Waals surface area contributed by atoms with Crippen molar-refractivity contribution in [2.45, 2.75) is 45.4 Å². The number of thioether (sulfide) groups is 1. The van der Waals surface area contributed by atoms with E-state index < -0.39 is 0 Å². The van der Waals surface area contributed by atoms with Gasteiger partial charge in [0.25, 0.3) is 0 Å². The van der Waals surface area contributed by atoms with Crippen LogP contribution in [0.4, 0.5) is 0 Å². The normalized spacial score (nSPS) is 12.5. The number of hydrogen-bond acceptors (Lipinski definition) is 2. The second kappa shape index (κ2) is 5.04. The van der Waals surface area contributed by atoms with Gasteiger partial charge >= 0.3 is 0 Å². The van der Waals surface area contributed by atoms with Crippen LogP contribution in [0.25, 0.3) is 0 Å². The van der Waals surface area contributed by atoms with Crippen LogP contribution in [-0.4, -0.2) is 23.1 Å². The Morgan fingerprint density at radius 2 is 1.82 bits per heavy atom. The molecule has 0 aromatic carbocycles. The maximum absolute atomic E-state index is 3.46. The quantitative estimate of drug-likeness (QED) is 0.659. The minimum Gasteiger partial charge on any atom is -0.311 e. The lowest BCUT2D eigenvalue weighted by atomic mass is 10.1. The lowest BCUT2D eigenvalue weighted by Gasteiger charge is -2.20. The van der Waals surface area contributed by atoms with Crippen LogP contribution in [0.3, 0.4) is 0 Å². The molecular weight excluding hydrogens is 154 g/mol. The fraction of sp³-hybridized carbons (Fsp3) is 1.00. The highest BCUT2D eigenvalue weighted by Gasteiger charge is 2.07. The van der Waals surface area contributed by atoms with Gasteiger partial charge in [-0.15, -0.1) is 0 Å². The molecule has 0 aromatic heterocycles. The van der Waals surface area contributed by atoms with Gasteiger partial charge in [0.15, 0.2) is 0 Å². The lowest BCUT2D eigenvalue weighted by Crippen LogP contribution is -2.37. The summed E-state index contributed by atoms with van der Waals surface area (Å²) in [5.41, 5.74) is 0.275. The van der Waals surface area contributed by atoms with Crippen LogP contribution in [0.15, 0.2) is 0 Å². The molecule has 2 heteroatoms. The van der Waals surface area contributed by atoms with Gasteiger partial charge in [0.2, 0.25) is 0 Å². The third kappa shape index (κ3) is 10.3. The Bertz CT molecular complexity index is 94.2. The van der Waals surface area contributed by atoms with Gasteiger partial charge in [-0.2, -0.15) is 11.8 Å². The van der Waals surface area contributed by atoms with Gasteiger partial charge in [-0.1, -0.05) is 13.8 Å². The van der Waals surface area contributed by atoms with E-state index in [0.717, 1.165) is 11.8 Å². The van der Waals surface area contributed by atoms with Crippen molar-refractivity contribution >= 4 is 11.8 Å². The molecule has 0 aliphatic carbocycles. The molecule has 1 nitrogen and oxygen atoms in total.